The van der Waals surface area contributed by atoms with Gasteiger partial charge in [-0.15, -0.1) is 35.4 Å². The van der Waals surface area contributed by atoms with Gasteiger partial charge in [0.2, 0.25) is 0 Å². The quantitative estimate of drug-likeness (QED) is 0.216. The molecule has 0 aliphatic heterocycles. The van der Waals surface area contributed by atoms with E-state index in [1.807, 2.05) is 42.5 Å². The van der Waals surface area contributed by atoms with Crippen molar-refractivity contribution in [2.75, 3.05) is 0 Å². The number of nitrogens with zero attached hydrogens (tertiary/aromatic N) is 4. The fourth-order valence-corrected chi connectivity index (χ4v) is 5.62. The summed E-state index contributed by atoms with van der Waals surface area (Å²) in [5, 5.41) is 10.6. The first kappa shape index (κ1) is 24.8. The molecular formula is C33H21N4OPt-. The van der Waals surface area contributed by atoms with Crippen LogP contribution in [-0.4, -0.2) is 25.0 Å². The minimum Gasteiger partial charge on any atom is -0.507 e. The third-order valence-corrected chi connectivity index (χ3v) is 7.20. The second-order valence-electron chi connectivity index (χ2n) is 9.21. The fraction of sp³-hybridized carbons (Fsp3) is 0.0303. The fourth-order valence-electron chi connectivity index (χ4n) is 5.62. The van der Waals surface area contributed by atoms with Crippen LogP contribution in [0, 0.1) is 6.07 Å². The second kappa shape index (κ2) is 10.0. The molecule has 190 valence electrons. The normalized spacial score (nSPS) is 12.7. The van der Waals surface area contributed by atoms with Crippen molar-refractivity contribution in [1.82, 2.24) is 19.9 Å². The molecule has 7 rings (SSSR count). The molecule has 6 heteroatoms. The maximum atomic E-state index is 10.6. The molecule has 39 heavy (non-hydrogen) atoms. The number of phenolic OH excluding ortho intramolecular Hbond substituents is 1. The van der Waals surface area contributed by atoms with Gasteiger partial charge in [-0.3, -0.25) is 15.0 Å². The Hall–Kier alpha value is -4.47. The number of rotatable bonds is 4. The summed E-state index contributed by atoms with van der Waals surface area (Å²) < 4.78 is 0. The Labute approximate surface area is 240 Å². The number of hydrogen-bond donors (Lipinski definition) is 1. The maximum Gasteiger partial charge on any atom is 0.124 e. The molecule has 0 bridgehead atoms. The average molecular weight is 685 g/mol. The van der Waals surface area contributed by atoms with Crippen LogP contribution in [0.15, 0.2) is 122 Å². The summed E-state index contributed by atoms with van der Waals surface area (Å²) in [4.78, 5) is 17.9. The summed E-state index contributed by atoms with van der Waals surface area (Å²) in [5.74, 6) is 0.759. The van der Waals surface area contributed by atoms with Crippen molar-refractivity contribution in [3.8, 4) is 39.5 Å². The van der Waals surface area contributed by atoms with Gasteiger partial charge in [-0.1, -0.05) is 66.7 Å². The molecule has 0 fully saturated rings. The van der Waals surface area contributed by atoms with Crippen LogP contribution >= 0.6 is 0 Å². The van der Waals surface area contributed by atoms with E-state index in [0.29, 0.717) is 17.1 Å². The van der Waals surface area contributed by atoms with Crippen molar-refractivity contribution >= 4 is 0 Å². The molecule has 0 amide bonds. The van der Waals surface area contributed by atoms with Crippen molar-refractivity contribution < 1.29 is 26.2 Å². The summed E-state index contributed by atoms with van der Waals surface area (Å²) in [6, 6.07) is 40.0. The SMILES string of the molecule is Oc1ccccc1-c1cccc(C2(c3[c-]c(-c4ncncn4)ccc3)c3ccccc3-c3ccccc32)n1.[Pt]. The molecule has 0 spiro atoms. The molecule has 1 aliphatic carbocycles. The minimum absolute atomic E-state index is 0. The van der Waals surface area contributed by atoms with Gasteiger partial charge >= 0.3 is 0 Å². The Morgan fingerprint density at radius 1 is 0.615 bits per heavy atom. The molecule has 1 N–H and O–H groups in total. The number of phenols is 1. The Morgan fingerprint density at radius 3 is 1.92 bits per heavy atom. The van der Waals surface area contributed by atoms with Gasteiger partial charge in [0, 0.05) is 26.6 Å². The van der Waals surface area contributed by atoms with Crippen LogP contribution in [-0.2, 0) is 26.5 Å². The number of aromatic hydroxyl groups is 1. The molecule has 1 aliphatic rings. The summed E-state index contributed by atoms with van der Waals surface area (Å²) in [6.45, 7) is 0. The predicted molar refractivity (Wildman–Crippen MR) is 146 cm³/mol. The maximum absolute atomic E-state index is 10.6. The number of fused-ring (bicyclic) bond motifs is 3. The molecule has 0 saturated heterocycles. The monoisotopic (exact) mass is 684 g/mol. The van der Waals surface area contributed by atoms with E-state index in [0.717, 1.165) is 39.1 Å². The van der Waals surface area contributed by atoms with Gasteiger partial charge in [-0.25, -0.2) is 4.98 Å². The van der Waals surface area contributed by atoms with E-state index in [9.17, 15) is 5.11 Å². The Kier molecular flexibility index (Phi) is 6.38. The van der Waals surface area contributed by atoms with E-state index < -0.39 is 5.41 Å². The van der Waals surface area contributed by atoms with Crippen LogP contribution in [0.1, 0.15) is 22.4 Å². The molecule has 0 radical (unpaired) electrons. The largest absolute Gasteiger partial charge is 0.507 e. The zero-order valence-corrected chi connectivity index (χ0v) is 22.9. The van der Waals surface area contributed by atoms with E-state index in [-0.39, 0.29) is 26.8 Å². The number of para-hydroxylation sites is 1. The van der Waals surface area contributed by atoms with Gasteiger partial charge in [0.1, 0.15) is 18.4 Å². The van der Waals surface area contributed by atoms with Crippen molar-refractivity contribution in [2.24, 2.45) is 0 Å². The first-order chi connectivity index (χ1) is 18.8. The molecule has 0 saturated carbocycles. The third-order valence-electron chi connectivity index (χ3n) is 7.20. The van der Waals surface area contributed by atoms with E-state index in [1.165, 1.54) is 12.7 Å². The van der Waals surface area contributed by atoms with Gasteiger partial charge in [-0.05, 0) is 46.5 Å². The molecule has 2 heterocycles. The van der Waals surface area contributed by atoms with Crippen LogP contribution in [0.4, 0.5) is 0 Å². The van der Waals surface area contributed by atoms with Crippen molar-refractivity contribution in [3.63, 3.8) is 0 Å². The molecule has 0 atom stereocenters. The predicted octanol–water partition coefficient (Wildman–Crippen LogP) is 6.47. The van der Waals surface area contributed by atoms with Crippen LogP contribution in [0.25, 0.3) is 33.8 Å². The second-order valence-corrected chi connectivity index (χ2v) is 9.21. The molecular weight excluding hydrogens is 663 g/mol. The molecule has 4 aromatic carbocycles. The van der Waals surface area contributed by atoms with Gasteiger partial charge < -0.3 is 5.11 Å². The zero-order chi connectivity index (χ0) is 25.5. The van der Waals surface area contributed by atoms with Gasteiger partial charge in [-0.2, -0.15) is 0 Å². The van der Waals surface area contributed by atoms with Crippen LogP contribution < -0.4 is 0 Å². The molecule has 2 aromatic heterocycles. The summed E-state index contributed by atoms with van der Waals surface area (Å²) in [7, 11) is 0. The first-order valence-electron chi connectivity index (χ1n) is 12.4. The standard InChI is InChI=1S/C33H21N4O.Pt/c38-30-17-6-3-13-26(30)29-16-8-18-31(37-29)33(23-10-7-9-22(19-23)32-35-20-34-21-36-32)27-14-4-1-11-24(27)25-12-2-5-15-28(25)33;/h1-18,20-21,38H;/q-1;. The number of hydrogen-bond acceptors (Lipinski definition) is 5. The number of aromatic nitrogens is 4. The number of benzene rings is 4. The van der Waals surface area contributed by atoms with E-state index in [1.54, 1.807) is 6.07 Å². The number of pyridine rings is 1. The van der Waals surface area contributed by atoms with Gasteiger partial charge in [0.15, 0.2) is 0 Å². The smallest absolute Gasteiger partial charge is 0.124 e. The average Bonchev–Trinajstić information content (AvgIpc) is 3.29. The van der Waals surface area contributed by atoms with Crippen LogP contribution in [0.3, 0.4) is 0 Å². The zero-order valence-electron chi connectivity index (χ0n) is 20.6. The Bertz CT molecular complexity index is 1760. The topological polar surface area (TPSA) is 71.8 Å². The van der Waals surface area contributed by atoms with E-state index in [2.05, 4.69) is 81.7 Å². The van der Waals surface area contributed by atoms with Crippen molar-refractivity contribution in [2.45, 2.75) is 5.41 Å². The minimum atomic E-state index is -0.739. The van der Waals surface area contributed by atoms with Gasteiger partial charge in [0.25, 0.3) is 0 Å². The van der Waals surface area contributed by atoms with E-state index in [4.69, 9.17) is 4.98 Å². The van der Waals surface area contributed by atoms with Crippen LogP contribution in [0.2, 0.25) is 0 Å². The summed E-state index contributed by atoms with van der Waals surface area (Å²) in [6.07, 6.45) is 2.99. The van der Waals surface area contributed by atoms with E-state index >= 15 is 0 Å². The third kappa shape index (κ3) is 3.89. The summed E-state index contributed by atoms with van der Waals surface area (Å²) >= 11 is 0. The Balaban J connectivity index is 0.00000277. The van der Waals surface area contributed by atoms with Crippen molar-refractivity contribution in [3.05, 3.63) is 150 Å². The first-order valence-corrected chi connectivity index (χ1v) is 12.4. The van der Waals surface area contributed by atoms with Crippen molar-refractivity contribution in [1.29, 1.82) is 0 Å². The molecule has 0 unspecified atom stereocenters. The van der Waals surface area contributed by atoms with Crippen LogP contribution in [0.5, 0.6) is 5.75 Å². The molecule has 6 aromatic rings. The van der Waals surface area contributed by atoms with Gasteiger partial charge in [0.05, 0.1) is 22.6 Å². The Morgan fingerprint density at radius 2 is 1.23 bits per heavy atom. The molecule has 5 nitrogen and oxygen atoms in total. The summed E-state index contributed by atoms with van der Waals surface area (Å²) in [5.41, 5.74) is 7.81.